The van der Waals surface area contributed by atoms with Gasteiger partial charge in [0.2, 0.25) is 5.12 Å². The fourth-order valence-corrected chi connectivity index (χ4v) is 6.07. The minimum absolute atomic E-state index is 0.0281. The average molecular weight is 481 g/mol. The Morgan fingerprint density at radius 2 is 0.939 bits per heavy atom. The Morgan fingerprint density at radius 3 is 1.24 bits per heavy atom. The Balaban J connectivity index is 2.31. The van der Waals surface area contributed by atoms with Crippen LogP contribution < -0.4 is 0 Å². The molecule has 33 heavy (non-hydrogen) atoms. The quantitative estimate of drug-likeness (QED) is 0.0725. The Hall–Kier alpha value is -0.770. The van der Waals surface area contributed by atoms with E-state index < -0.39 is 5.41 Å². The van der Waals surface area contributed by atoms with Crippen molar-refractivity contribution < 1.29 is 14.7 Å². The molecule has 1 aliphatic rings. The lowest BCUT2D eigenvalue weighted by atomic mass is 9.75. The number of allylic oxidation sites excluding steroid dienone is 1. The molecule has 0 atom stereocenters. The highest BCUT2D eigenvalue weighted by atomic mass is 32.2. The van der Waals surface area contributed by atoms with E-state index >= 15 is 0 Å². The van der Waals surface area contributed by atoms with Gasteiger partial charge in [0.25, 0.3) is 0 Å². The molecule has 1 N–H and O–H groups in total. The second kappa shape index (κ2) is 19.5. The second-order valence-corrected chi connectivity index (χ2v) is 11.2. The van der Waals surface area contributed by atoms with Crippen LogP contribution in [0.4, 0.5) is 0 Å². The predicted molar refractivity (Wildman–Crippen MR) is 144 cm³/mol. The summed E-state index contributed by atoms with van der Waals surface area (Å²) in [5, 5.41) is 9.39. The van der Waals surface area contributed by atoms with Crippen molar-refractivity contribution in [3.05, 3.63) is 11.2 Å². The first-order valence-corrected chi connectivity index (χ1v) is 15.1. The smallest absolute Gasteiger partial charge is 0.207 e. The van der Waals surface area contributed by atoms with Crippen LogP contribution in [0.3, 0.4) is 0 Å². The van der Waals surface area contributed by atoms with Crippen LogP contribution in [0.15, 0.2) is 11.2 Å². The maximum Gasteiger partial charge on any atom is 0.207 e. The van der Waals surface area contributed by atoms with Crippen molar-refractivity contribution in [1.82, 2.24) is 0 Å². The molecular weight excluding hydrogens is 428 g/mol. The average Bonchev–Trinajstić information content (AvgIpc) is 3.06. The zero-order valence-electron chi connectivity index (χ0n) is 21.8. The summed E-state index contributed by atoms with van der Waals surface area (Å²) < 4.78 is 0. The molecule has 0 unspecified atom stereocenters. The molecule has 1 heterocycles. The molecule has 0 bridgehead atoms. The van der Waals surface area contributed by atoms with E-state index in [2.05, 4.69) is 13.8 Å². The first-order chi connectivity index (χ1) is 16.1. The molecule has 1 saturated heterocycles. The zero-order chi connectivity index (χ0) is 24.2. The number of aliphatic hydroxyl groups is 1. The van der Waals surface area contributed by atoms with Gasteiger partial charge in [0.05, 0.1) is 11.2 Å². The number of ketones is 1. The zero-order valence-corrected chi connectivity index (χ0v) is 22.6. The number of carbonyl (C=O) groups is 2. The molecule has 0 aromatic heterocycles. The van der Waals surface area contributed by atoms with E-state index in [0.29, 0.717) is 12.8 Å². The van der Waals surface area contributed by atoms with E-state index in [1.54, 1.807) is 0 Å². The van der Waals surface area contributed by atoms with Crippen LogP contribution in [0.5, 0.6) is 0 Å². The van der Waals surface area contributed by atoms with Crippen molar-refractivity contribution in [3.63, 3.8) is 0 Å². The first-order valence-electron chi connectivity index (χ1n) is 14.2. The van der Waals surface area contributed by atoms with Crippen LogP contribution in [0, 0.1) is 5.41 Å². The van der Waals surface area contributed by atoms with Gasteiger partial charge in [-0.05, 0) is 24.6 Å². The molecule has 0 radical (unpaired) electrons. The van der Waals surface area contributed by atoms with Crippen molar-refractivity contribution in [3.8, 4) is 0 Å². The minimum atomic E-state index is -0.875. The summed E-state index contributed by atoms with van der Waals surface area (Å²) in [4.78, 5) is 26.1. The van der Waals surface area contributed by atoms with E-state index in [1.165, 1.54) is 103 Å². The molecular formula is C29H52O3S. The standard InChI is InChI=1S/C29H52O3S/c1-3-5-7-9-11-13-15-17-19-21-23-29(27(31)26(25-30)33-28(29)32)24-22-20-18-16-14-12-10-8-6-4-2/h25,30H,3-24H2,1-2H3. The van der Waals surface area contributed by atoms with Crippen molar-refractivity contribution in [1.29, 1.82) is 0 Å². The second-order valence-electron chi connectivity index (χ2n) is 10.2. The predicted octanol–water partition coefficient (Wildman–Crippen LogP) is 9.84. The van der Waals surface area contributed by atoms with Gasteiger partial charge in [-0.15, -0.1) is 0 Å². The fourth-order valence-electron chi connectivity index (χ4n) is 5.04. The van der Waals surface area contributed by atoms with E-state index in [1.807, 2.05) is 0 Å². The van der Waals surface area contributed by atoms with E-state index in [4.69, 9.17) is 0 Å². The lowest BCUT2D eigenvalue weighted by Gasteiger charge is -2.24. The highest BCUT2D eigenvalue weighted by Gasteiger charge is 2.52. The number of unbranched alkanes of at least 4 members (excludes halogenated alkanes) is 18. The van der Waals surface area contributed by atoms with Gasteiger partial charge >= 0.3 is 0 Å². The minimum Gasteiger partial charge on any atom is -0.514 e. The van der Waals surface area contributed by atoms with Crippen molar-refractivity contribution in [2.75, 3.05) is 0 Å². The van der Waals surface area contributed by atoms with Crippen LogP contribution in [-0.2, 0) is 9.59 Å². The molecule has 1 fully saturated rings. The Kier molecular flexibility index (Phi) is 17.9. The van der Waals surface area contributed by atoms with E-state index in [9.17, 15) is 14.7 Å². The van der Waals surface area contributed by atoms with Gasteiger partial charge in [-0.25, -0.2) is 0 Å². The van der Waals surface area contributed by atoms with Gasteiger partial charge < -0.3 is 5.11 Å². The number of carbonyl (C=O) groups excluding carboxylic acids is 2. The summed E-state index contributed by atoms with van der Waals surface area (Å²) in [5.41, 5.74) is -0.875. The first kappa shape index (κ1) is 30.3. The van der Waals surface area contributed by atoms with Gasteiger partial charge in [0.1, 0.15) is 5.41 Å². The molecule has 0 saturated carbocycles. The summed E-state index contributed by atoms with van der Waals surface area (Å²) >= 11 is 0.966. The molecule has 0 aromatic rings. The molecule has 192 valence electrons. The summed E-state index contributed by atoms with van der Waals surface area (Å²) in [7, 11) is 0. The largest absolute Gasteiger partial charge is 0.514 e. The molecule has 0 aliphatic carbocycles. The molecule has 3 nitrogen and oxygen atoms in total. The third kappa shape index (κ3) is 12.0. The normalized spacial score (nSPS) is 16.8. The Labute approximate surface area is 209 Å². The van der Waals surface area contributed by atoms with Crippen LogP contribution in [0.2, 0.25) is 0 Å². The number of hydrogen-bond acceptors (Lipinski definition) is 4. The van der Waals surface area contributed by atoms with Crippen molar-refractivity contribution >= 4 is 22.7 Å². The van der Waals surface area contributed by atoms with Crippen LogP contribution >= 0.6 is 11.8 Å². The summed E-state index contributed by atoms with van der Waals surface area (Å²) in [6, 6.07) is 0. The highest BCUT2D eigenvalue weighted by molar-refractivity contribution is 8.18. The van der Waals surface area contributed by atoms with Crippen LogP contribution in [0.25, 0.3) is 0 Å². The van der Waals surface area contributed by atoms with Gasteiger partial charge in [0, 0.05) is 0 Å². The van der Waals surface area contributed by atoms with Crippen LogP contribution in [-0.4, -0.2) is 16.0 Å². The number of thioether (sulfide) groups is 1. The molecule has 1 rings (SSSR count). The molecule has 1 aliphatic heterocycles. The van der Waals surface area contributed by atoms with Crippen molar-refractivity contribution in [2.24, 2.45) is 5.41 Å². The SMILES string of the molecule is CCCCCCCCCCCCC1(CCCCCCCCCCCC)C(=O)SC(=CO)C1=O. The van der Waals surface area contributed by atoms with Gasteiger partial charge in [-0.2, -0.15) is 0 Å². The number of rotatable bonds is 22. The van der Waals surface area contributed by atoms with Gasteiger partial charge in [-0.1, -0.05) is 142 Å². The monoisotopic (exact) mass is 480 g/mol. The van der Waals surface area contributed by atoms with Crippen LogP contribution in [0.1, 0.15) is 155 Å². The molecule has 0 aromatic carbocycles. The van der Waals surface area contributed by atoms with Gasteiger partial charge in [0.15, 0.2) is 5.78 Å². The van der Waals surface area contributed by atoms with E-state index in [0.717, 1.165) is 43.7 Å². The molecule has 0 spiro atoms. The Morgan fingerprint density at radius 1 is 0.606 bits per heavy atom. The molecule has 0 amide bonds. The topological polar surface area (TPSA) is 54.4 Å². The number of aliphatic hydroxyl groups excluding tert-OH is 1. The lowest BCUT2D eigenvalue weighted by Crippen LogP contribution is -2.33. The highest BCUT2D eigenvalue weighted by Crippen LogP contribution is 2.48. The Bertz CT molecular complexity index is 531. The van der Waals surface area contributed by atoms with E-state index in [-0.39, 0.29) is 15.8 Å². The third-order valence-electron chi connectivity index (χ3n) is 7.28. The molecule has 4 heteroatoms. The summed E-state index contributed by atoms with van der Waals surface area (Å²) in [6.45, 7) is 4.50. The van der Waals surface area contributed by atoms with Crippen molar-refractivity contribution in [2.45, 2.75) is 155 Å². The third-order valence-corrected chi connectivity index (χ3v) is 8.37. The maximum atomic E-state index is 13.0. The van der Waals surface area contributed by atoms with Gasteiger partial charge in [-0.3, -0.25) is 9.59 Å². The maximum absolute atomic E-state index is 13.0. The fraction of sp³-hybridized carbons (Fsp3) is 0.862. The lowest BCUT2D eigenvalue weighted by molar-refractivity contribution is -0.133. The number of Topliss-reactive ketones (excluding diaryl/α,β-unsaturated/α-hetero) is 1. The summed E-state index contributed by atoms with van der Waals surface area (Å²) in [5.74, 6) is -0.119. The summed E-state index contributed by atoms with van der Waals surface area (Å²) in [6.07, 6.45) is 27.1. The number of hydrogen-bond donors (Lipinski definition) is 1.